The number of likely N-dealkylation sites (tertiary alicyclic amines) is 1. The lowest BCUT2D eigenvalue weighted by atomic mass is 9.86. The van der Waals surface area contributed by atoms with Crippen LogP contribution in [0.1, 0.15) is 86.6 Å². The maximum atomic E-state index is 14.1. The Morgan fingerprint density at radius 1 is 1.11 bits per heavy atom. The first-order chi connectivity index (χ1) is 18.0. The normalized spacial score (nSPS) is 17.7. The number of ether oxygens (including phenoxy) is 1. The molecule has 1 aliphatic heterocycles. The van der Waals surface area contributed by atoms with Crippen LogP contribution < -0.4 is 15.6 Å². The molecule has 1 amide bonds. The Morgan fingerprint density at radius 2 is 1.82 bits per heavy atom. The molecule has 3 aromatic rings. The predicted molar refractivity (Wildman–Crippen MR) is 153 cm³/mol. The number of aromatic nitrogens is 1. The average molecular weight is 536 g/mol. The Balaban J connectivity index is 1.68. The fourth-order valence-electron chi connectivity index (χ4n) is 5.13. The van der Waals surface area contributed by atoms with Crippen LogP contribution in [0.15, 0.2) is 65.6 Å². The molecule has 1 N–H and O–H groups in total. The van der Waals surface area contributed by atoms with Crippen LogP contribution in [0.2, 0.25) is 5.02 Å². The van der Waals surface area contributed by atoms with Gasteiger partial charge in [-0.1, -0.05) is 74.8 Å². The molecule has 0 saturated carbocycles. The van der Waals surface area contributed by atoms with E-state index < -0.39 is 0 Å². The quantitative estimate of drug-likeness (QED) is 0.376. The average Bonchev–Trinajstić information content (AvgIpc) is 3.32. The lowest BCUT2D eigenvalue weighted by molar-refractivity contribution is 0.0630. The highest BCUT2D eigenvalue weighted by Gasteiger charge is 2.38. The molecule has 2 unspecified atom stereocenters. The summed E-state index contributed by atoms with van der Waals surface area (Å²) in [5, 5.41) is 3.69. The minimum Gasteiger partial charge on any atom is -0.496 e. The van der Waals surface area contributed by atoms with Gasteiger partial charge in [0.15, 0.2) is 0 Å². The van der Waals surface area contributed by atoms with Crippen molar-refractivity contribution >= 4 is 17.5 Å². The fourth-order valence-corrected chi connectivity index (χ4v) is 5.34. The highest BCUT2D eigenvalue weighted by Crippen LogP contribution is 2.37. The number of rotatable bonds is 7. The zero-order valence-corrected chi connectivity index (χ0v) is 23.9. The second kappa shape index (κ2) is 11.3. The second-order valence-corrected chi connectivity index (χ2v) is 11.7. The van der Waals surface area contributed by atoms with Gasteiger partial charge in [0, 0.05) is 24.3 Å². The molecule has 0 bridgehead atoms. The molecule has 0 spiro atoms. The number of benzene rings is 2. The van der Waals surface area contributed by atoms with Crippen LogP contribution in [0.3, 0.4) is 0 Å². The summed E-state index contributed by atoms with van der Waals surface area (Å²) in [7, 11) is 1.68. The predicted octanol–water partition coefficient (Wildman–Crippen LogP) is 6.48. The highest BCUT2D eigenvalue weighted by atomic mass is 35.5. The first kappa shape index (κ1) is 27.9. The summed E-state index contributed by atoms with van der Waals surface area (Å²) < 4.78 is 7.18. The summed E-state index contributed by atoms with van der Waals surface area (Å²) in [6, 6.07) is 17.7. The Bertz CT molecular complexity index is 1340. The standard InChI is InChI=1S/C31H38ClN3O3/c1-20(2)34-19-23(17-25(32)30(34)37)29(36)35-26(21-10-8-7-9-11-21)13-15-28(35)33-18-22-16-24(31(3,4)5)12-14-27(22)38-6/h7-12,14,16-17,19-20,26,28,33H,13,15,18H2,1-6H3. The molecular formula is C31H38ClN3O3. The van der Waals surface area contributed by atoms with Gasteiger partial charge in [-0.15, -0.1) is 0 Å². The number of amides is 1. The van der Waals surface area contributed by atoms with Gasteiger partial charge in [0.25, 0.3) is 11.5 Å². The van der Waals surface area contributed by atoms with Crippen molar-refractivity contribution in [3.05, 3.63) is 98.4 Å². The van der Waals surface area contributed by atoms with Crippen molar-refractivity contribution in [2.75, 3.05) is 7.11 Å². The lowest BCUT2D eigenvalue weighted by Gasteiger charge is -2.32. The third kappa shape index (κ3) is 5.82. The van der Waals surface area contributed by atoms with Crippen molar-refractivity contribution in [3.8, 4) is 5.75 Å². The van der Waals surface area contributed by atoms with Crippen LogP contribution in [0.5, 0.6) is 5.75 Å². The molecule has 2 aromatic carbocycles. The Hall–Kier alpha value is -3.09. The molecule has 7 heteroatoms. The van der Waals surface area contributed by atoms with Crippen LogP contribution in [0.4, 0.5) is 0 Å². The summed E-state index contributed by atoms with van der Waals surface area (Å²) >= 11 is 6.30. The Kier molecular flexibility index (Phi) is 8.34. The number of halogens is 1. The van der Waals surface area contributed by atoms with Crippen LogP contribution in [0, 0.1) is 0 Å². The number of carbonyl (C=O) groups is 1. The molecule has 0 aliphatic carbocycles. The number of pyridine rings is 1. The molecule has 38 heavy (non-hydrogen) atoms. The monoisotopic (exact) mass is 535 g/mol. The van der Waals surface area contributed by atoms with Crippen LogP contribution >= 0.6 is 11.6 Å². The van der Waals surface area contributed by atoms with E-state index in [0.29, 0.717) is 12.1 Å². The maximum absolute atomic E-state index is 14.1. The summed E-state index contributed by atoms with van der Waals surface area (Å²) in [5.41, 5.74) is 3.48. The number of nitrogens with one attached hydrogen (secondary N) is 1. The molecule has 2 heterocycles. The van der Waals surface area contributed by atoms with E-state index in [1.165, 1.54) is 16.2 Å². The van der Waals surface area contributed by atoms with Gasteiger partial charge >= 0.3 is 0 Å². The number of nitrogens with zero attached hydrogens (tertiary/aromatic N) is 2. The number of carbonyl (C=O) groups excluding carboxylic acids is 1. The zero-order valence-electron chi connectivity index (χ0n) is 23.1. The van der Waals surface area contributed by atoms with Crippen molar-refractivity contribution < 1.29 is 9.53 Å². The highest BCUT2D eigenvalue weighted by molar-refractivity contribution is 6.30. The fraction of sp³-hybridized carbons (Fsp3) is 0.419. The van der Waals surface area contributed by atoms with Gasteiger partial charge in [-0.3, -0.25) is 14.9 Å². The second-order valence-electron chi connectivity index (χ2n) is 11.3. The Morgan fingerprint density at radius 3 is 2.45 bits per heavy atom. The van der Waals surface area contributed by atoms with Gasteiger partial charge < -0.3 is 14.2 Å². The maximum Gasteiger partial charge on any atom is 0.269 e. The van der Waals surface area contributed by atoms with E-state index in [2.05, 4.69) is 50.4 Å². The SMILES string of the molecule is COc1ccc(C(C)(C)C)cc1CNC1CCC(c2ccccc2)N1C(=O)c1cc(Cl)c(=O)n(C(C)C)c1. The van der Waals surface area contributed by atoms with Crippen molar-refractivity contribution in [2.45, 2.75) is 77.7 Å². The van der Waals surface area contributed by atoms with Crippen molar-refractivity contribution in [1.29, 1.82) is 0 Å². The molecule has 4 rings (SSSR count). The smallest absolute Gasteiger partial charge is 0.269 e. The first-order valence-electron chi connectivity index (χ1n) is 13.2. The topological polar surface area (TPSA) is 63.6 Å². The van der Waals surface area contributed by atoms with Crippen LogP contribution in [-0.4, -0.2) is 28.6 Å². The first-order valence-corrected chi connectivity index (χ1v) is 13.6. The summed E-state index contributed by atoms with van der Waals surface area (Å²) in [5.74, 6) is 0.664. The van der Waals surface area contributed by atoms with Crippen LogP contribution in [-0.2, 0) is 12.0 Å². The van der Waals surface area contributed by atoms with E-state index in [4.69, 9.17) is 16.3 Å². The molecule has 2 atom stereocenters. The molecule has 1 aliphatic rings. The molecule has 6 nitrogen and oxygen atoms in total. The molecule has 1 fully saturated rings. The van der Waals surface area contributed by atoms with Crippen molar-refractivity contribution in [3.63, 3.8) is 0 Å². The van der Waals surface area contributed by atoms with Gasteiger partial charge in [0.1, 0.15) is 10.8 Å². The van der Waals surface area contributed by atoms with Crippen LogP contribution in [0.25, 0.3) is 0 Å². The largest absolute Gasteiger partial charge is 0.496 e. The van der Waals surface area contributed by atoms with Gasteiger partial charge in [-0.2, -0.15) is 0 Å². The van der Waals surface area contributed by atoms with Crippen molar-refractivity contribution in [2.24, 2.45) is 0 Å². The third-order valence-electron chi connectivity index (χ3n) is 7.28. The molecular weight excluding hydrogens is 498 g/mol. The summed E-state index contributed by atoms with van der Waals surface area (Å²) in [6.45, 7) is 10.9. The van der Waals surface area contributed by atoms with Gasteiger partial charge in [-0.05, 0) is 55.4 Å². The van der Waals surface area contributed by atoms with Crippen molar-refractivity contribution in [1.82, 2.24) is 14.8 Å². The number of hydrogen-bond donors (Lipinski definition) is 1. The Labute approximate surface area is 230 Å². The number of methoxy groups -OCH3 is 1. The molecule has 1 saturated heterocycles. The minimum atomic E-state index is -0.292. The zero-order chi connectivity index (χ0) is 27.6. The molecule has 1 aromatic heterocycles. The molecule has 0 radical (unpaired) electrons. The lowest BCUT2D eigenvalue weighted by Crippen LogP contribution is -2.45. The van der Waals surface area contributed by atoms with E-state index in [9.17, 15) is 9.59 Å². The van der Waals surface area contributed by atoms with E-state index in [-0.39, 0.29) is 40.2 Å². The third-order valence-corrected chi connectivity index (χ3v) is 7.55. The van der Waals surface area contributed by atoms with E-state index in [1.807, 2.05) is 43.0 Å². The van der Waals surface area contributed by atoms with Gasteiger partial charge in [-0.25, -0.2) is 0 Å². The number of hydrogen-bond acceptors (Lipinski definition) is 4. The van der Waals surface area contributed by atoms with E-state index in [1.54, 1.807) is 13.3 Å². The minimum absolute atomic E-state index is 0.00751. The van der Waals surface area contributed by atoms with Gasteiger partial charge in [0.2, 0.25) is 0 Å². The van der Waals surface area contributed by atoms with Gasteiger partial charge in [0.05, 0.1) is 24.9 Å². The molecule has 202 valence electrons. The summed E-state index contributed by atoms with van der Waals surface area (Å²) in [6.07, 6.45) is 3.05. The van der Waals surface area contributed by atoms with E-state index >= 15 is 0 Å². The summed E-state index contributed by atoms with van der Waals surface area (Å²) in [4.78, 5) is 28.6. The van der Waals surface area contributed by atoms with E-state index in [0.717, 1.165) is 29.7 Å².